The molecule has 6 heteroatoms. The van der Waals surface area contributed by atoms with E-state index >= 15 is 0 Å². The van der Waals surface area contributed by atoms with Gasteiger partial charge in [0, 0.05) is 75.6 Å². The largest absolute Gasteiger partial charge is 0.342 e. The first-order valence-corrected chi connectivity index (χ1v) is 10.6. The summed E-state index contributed by atoms with van der Waals surface area (Å²) in [4.78, 5) is 28.7. The Hall–Kier alpha value is -1.53. The number of hydrogen-bond donors (Lipinski definition) is 0. The molecule has 2 saturated heterocycles. The van der Waals surface area contributed by atoms with Crippen LogP contribution in [-0.4, -0.2) is 75.9 Å². The second-order valence-electron chi connectivity index (χ2n) is 8.75. The van der Waals surface area contributed by atoms with Crippen LogP contribution in [0.15, 0.2) is 12.4 Å². The van der Waals surface area contributed by atoms with Crippen LogP contribution in [0.3, 0.4) is 0 Å². The predicted molar refractivity (Wildman–Crippen MR) is 105 cm³/mol. The average molecular weight is 372 g/mol. The normalized spacial score (nSPS) is 27.9. The molecule has 3 fully saturated rings. The molecule has 1 aromatic heterocycles. The third-order valence-electron chi connectivity index (χ3n) is 6.74. The number of aromatic nitrogens is 2. The second-order valence-corrected chi connectivity index (χ2v) is 8.75. The minimum Gasteiger partial charge on any atom is -0.342 e. The average Bonchev–Trinajstić information content (AvgIpc) is 3.51. The van der Waals surface area contributed by atoms with Gasteiger partial charge in [0.15, 0.2) is 0 Å². The molecule has 3 heterocycles. The van der Waals surface area contributed by atoms with Crippen LogP contribution in [-0.2, 0) is 17.8 Å². The lowest BCUT2D eigenvalue weighted by Gasteiger charge is -2.49. The Balaban J connectivity index is 1.42. The molecule has 1 saturated carbocycles. The van der Waals surface area contributed by atoms with Gasteiger partial charge in [-0.2, -0.15) is 0 Å². The third-order valence-corrected chi connectivity index (χ3v) is 6.74. The van der Waals surface area contributed by atoms with Crippen LogP contribution in [0.2, 0.25) is 0 Å². The highest BCUT2D eigenvalue weighted by molar-refractivity contribution is 5.76. The standard InChI is InChI=1S/C21H33N5O/c1-3-19-22-12-18(13-23-19)14-25-11-10-24(2)21(16-25)7-6-20(27)26(9-8-21)15-17-4-5-17/h12-13,17H,3-11,14-16H2,1-2H3/t21-/m0/s1. The predicted octanol–water partition coefficient (Wildman–Crippen LogP) is 1.95. The van der Waals surface area contributed by atoms with E-state index in [1.165, 1.54) is 18.4 Å². The fourth-order valence-electron chi connectivity index (χ4n) is 4.62. The van der Waals surface area contributed by atoms with Gasteiger partial charge in [0.1, 0.15) is 5.82 Å². The van der Waals surface area contributed by atoms with E-state index < -0.39 is 0 Å². The van der Waals surface area contributed by atoms with Crippen LogP contribution < -0.4 is 0 Å². The van der Waals surface area contributed by atoms with Gasteiger partial charge in [-0.05, 0) is 38.6 Å². The van der Waals surface area contributed by atoms with Crippen molar-refractivity contribution >= 4 is 5.91 Å². The molecular weight excluding hydrogens is 338 g/mol. The number of carbonyl (C=O) groups is 1. The molecule has 0 radical (unpaired) electrons. The topological polar surface area (TPSA) is 52.6 Å². The summed E-state index contributed by atoms with van der Waals surface area (Å²) in [5.74, 6) is 2.05. The van der Waals surface area contributed by atoms with Gasteiger partial charge in [-0.25, -0.2) is 9.97 Å². The van der Waals surface area contributed by atoms with Gasteiger partial charge in [0.25, 0.3) is 0 Å². The zero-order valence-corrected chi connectivity index (χ0v) is 16.9. The van der Waals surface area contributed by atoms with E-state index in [1.54, 1.807) is 0 Å². The lowest BCUT2D eigenvalue weighted by Crippen LogP contribution is -2.60. The van der Waals surface area contributed by atoms with Crippen molar-refractivity contribution in [3.05, 3.63) is 23.8 Å². The summed E-state index contributed by atoms with van der Waals surface area (Å²) in [5.41, 5.74) is 1.31. The van der Waals surface area contributed by atoms with E-state index in [9.17, 15) is 4.79 Å². The van der Waals surface area contributed by atoms with Gasteiger partial charge in [-0.1, -0.05) is 6.92 Å². The SMILES string of the molecule is CCc1ncc(CN2CCN(C)[C@]3(CCC(=O)N(CC4CC4)CC3)C2)cn1. The molecule has 0 aromatic carbocycles. The molecule has 4 rings (SSSR count). The molecule has 6 nitrogen and oxygen atoms in total. The van der Waals surface area contributed by atoms with Crippen LogP contribution in [0.5, 0.6) is 0 Å². The molecule has 2 aliphatic heterocycles. The maximum Gasteiger partial charge on any atom is 0.222 e. The Bertz CT molecular complexity index is 659. The number of hydrogen-bond acceptors (Lipinski definition) is 5. The quantitative estimate of drug-likeness (QED) is 0.792. The van der Waals surface area contributed by atoms with Gasteiger partial charge < -0.3 is 4.90 Å². The fourth-order valence-corrected chi connectivity index (χ4v) is 4.62. The van der Waals surface area contributed by atoms with Crippen molar-refractivity contribution in [3.63, 3.8) is 0 Å². The minimum atomic E-state index is 0.121. The highest BCUT2D eigenvalue weighted by atomic mass is 16.2. The van der Waals surface area contributed by atoms with Crippen molar-refractivity contribution in [2.45, 2.75) is 57.5 Å². The molecule has 1 amide bonds. The molecule has 1 aliphatic carbocycles. The fraction of sp³-hybridized carbons (Fsp3) is 0.762. The molecule has 1 aromatic rings. The summed E-state index contributed by atoms with van der Waals surface area (Å²) >= 11 is 0. The first-order valence-electron chi connectivity index (χ1n) is 10.6. The molecule has 3 aliphatic rings. The van der Waals surface area contributed by atoms with Crippen LogP contribution in [0.1, 0.15) is 50.4 Å². The van der Waals surface area contributed by atoms with Gasteiger partial charge >= 0.3 is 0 Å². The first kappa shape index (κ1) is 18.8. The highest BCUT2D eigenvalue weighted by Crippen LogP contribution is 2.35. The molecule has 1 spiro atoms. The van der Waals surface area contributed by atoms with Gasteiger partial charge in [-0.15, -0.1) is 0 Å². The number of aryl methyl sites for hydroxylation is 1. The Morgan fingerprint density at radius 1 is 1.15 bits per heavy atom. The number of amides is 1. The van der Waals surface area contributed by atoms with Crippen LogP contribution in [0, 0.1) is 5.92 Å². The number of carbonyl (C=O) groups excluding carboxylic acids is 1. The zero-order chi connectivity index (χ0) is 18.9. The van der Waals surface area contributed by atoms with Gasteiger partial charge in [0.05, 0.1) is 0 Å². The summed E-state index contributed by atoms with van der Waals surface area (Å²) in [5, 5.41) is 0. The number of likely N-dealkylation sites (N-methyl/N-ethyl adjacent to an activating group) is 1. The van der Waals surface area contributed by atoms with Crippen molar-refractivity contribution in [1.82, 2.24) is 24.7 Å². The van der Waals surface area contributed by atoms with E-state index in [1.807, 2.05) is 12.4 Å². The Labute approximate surface area is 162 Å². The Morgan fingerprint density at radius 3 is 2.63 bits per heavy atom. The smallest absolute Gasteiger partial charge is 0.222 e. The maximum absolute atomic E-state index is 12.6. The van der Waals surface area contributed by atoms with E-state index in [4.69, 9.17) is 0 Å². The van der Waals surface area contributed by atoms with Crippen molar-refractivity contribution in [1.29, 1.82) is 0 Å². The number of likely N-dealkylation sites (tertiary alicyclic amines) is 1. The van der Waals surface area contributed by atoms with E-state index in [2.05, 4.69) is 38.6 Å². The van der Waals surface area contributed by atoms with E-state index in [0.29, 0.717) is 12.3 Å². The van der Waals surface area contributed by atoms with Crippen molar-refractivity contribution in [3.8, 4) is 0 Å². The molecule has 1 atom stereocenters. The summed E-state index contributed by atoms with van der Waals surface area (Å²) in [6, 6.07) is 0. The van der Waals surface area contributed by atoms with Crippen molar-refractivity contribution in [2.24, 2.45) is 5.92 Å². The third kappa shape index (κ3) is 4.32. The molecule has 0 N–H and O–H groups in total. The van der Waals surface area contributed by atoms with Crippen LogP contribution in [0.4, 0.5) is 0 Å². The van der Waals surface area contributed by atoms with E-state index in [0.717, 1.165) is 70.3 Å². The van der Waals surface area contributed by atoms with Gasteiger partial charge in [0.2, 0.25) is 5.91 Å². The second kappa shape index (κ2) is 7.84. The van der Waals surface area contributed by atoms with Crippen molar-refractivity contribution < 1.29 is 4.79 Å². The number of piperazine rings is 1. The molecule has 0 unspecified atom stereocenters. The van der Waals surface area contributed by atoms with Crippen LogP contribution in [0.25, 0.3) is 0 Å². The zero-order valence-electron chi connectivity index (χ0n) is 16.9. The number of rotatable bonds is 5. The summed E-state index contributed by atoms with van der Waals surface area (Å²) in [6.45, 7) is 8.05. The molecule has 27 heavy (non-hydrogen) atoms. The number of nitrogens with zero attached hydrogens (tertiary/aromatic N) is 5. The Morgan fingerprint density at radius 2 is 1.93 bits per heavy atom. The summed E-state index contributed by atoms with van der Waals surface area (Å²) in [7, 11) is 2.25. The summed E-state index contributed by atoms with van der Waals surface area (Å²) < 4.78 is 0. The highest BCUT2D eigenvalue weighted by Gasteiger charge is 2.42. The minimum absolute atomic E-state index is 0.121. The maximum atomic E-state index is 12.6. The summed E-state index contributed by atoms with van der Waals surface area (Å²) in [6.07, 6.45) is 10.2. The van der Waals surface area contributed by atoms with Crippen molar-refractivity contribution in [2.75, 3.05) is 39.8 Å². The first-order chi connectivity index (χ1) is 13.1. The van der Waals surface area contributed by atoms with Crippen LogP contribution >= 0.6 is 0 Å². The van der Waals surface area contributed by atoms with E-state index in [-0.39, 0.29) is 5.54 Å². The lowest BCUT2D eigenvalue weighted by atomic mass is 9.86. The molecular formula is C21H33N5O. The molecule has 148 valence electrons. The van der Waals surface area contributed by atoms with Gasteiger partial charge in [-0.3, -0.25) is 14.6 Å². The Kier molecular flexibility index (Phi) is 5.46. The monoisotopic (exact) mass is 371 g/mol. The molecule has 0 bridgehead atoms. The lowest BCUT2D eigenvalue weighted by molar-refractivity contribution is -0.131.